The summed E-state index contributed by atoms with van der Waals surface area (Å²) in [7, 11) is -2.19. The van der Waals surface area contributed by atoms with Crippen LogP contribution in [0, 0.1) is 0 Å². The van der Waals surface area contributed by atoms with Crippen molar-refractivity contribution in [1.82, 2.24) is 14.5 Å². The number of ether oxygens (including phenoxy) is 1. The first-order chi connectivity index (χ1) is 14.5. The maximum absolute atomic E-state index is 13.0. The summed E-state index contributed by atoms with van der Waals surface area (Å²) in [5.41, 5.74) is 0.939. The third-order valence-electron chi connectivity index (χ3n) is 4.97. The van der Waals surface area contributed by atoms with E-state index in [9.17, 15) is 13.2 Å². The molecule has 0 saturated carbocycles. The van der Waals surface area contributed by atoms with Gasteiger partial charge in [0, 0.05) is 19.2 Å². The minimum Gasteiger partial charge on any atom is -0.495 e. The predicted molar refractivity (Wildman–Crippen MR) is 110 cm³/mol. The van der Waals surface area contributed by atoms with Crippen molar-refractivity contribution in [2.75, 3.05) is 25.5 Å². The van der Waals surface area contributed by atoms with Crippen molar-refractivity contribution >= 4 is 21.6 Å². The Bertz CT molecular complexity index is 1130. The first kappa shape index (κ1) is 20.2. The summed E-state index contributed by atoms with van der Waals surface area (Å²) in [6.45, 7) is 0.998. The lowest BCUT2D eigenvalue weighted by Gasteiger charge is -2.26. The van der Waals surface area contributed by atoms with Gasteiger partial charge in [-0.1, -0.05) is 6.42 Å². The van der Waals surface area contributed by atoms with E-state index in [1.54, 1.807) is 18.2 Å². The monoisotopic (exact) mass is 430 g/mol. The van der Waals surface area contributed by atoms with Crippen LogP contribution < -0.4 is 10.1 Å². The van der Waals surface area contributed by atoms with Gasteiger partial charge < -0.3 is 14.5 Å². The number of nitrogens with zero attached hydrogens (tertiary/aromatic N) is 2. The molecule has 9 nitrogen and oxygen atoms in total. The number of nitrogens with one attached hydrogen (secondary N) is 2. The zero-order chi connectivity index (χ0) is 21.1. The van der Waals surface area contributed by atoms with Crippen LogP contribution in [-0.2, 0) is 10.0 Å². The first-order valence-electron chi connectivity index (χ1n) is 9.58. The largest absolute Gasteiger partial charge is 0.495 e. The molecule has 0 radical (unpaired) electrons. The van der Waals surface area contributed by atoms with Gasteiger partial charge in [0.25, 0.3) is 5.91 Å². The van der Waals surface area contributed by atoms with E-state index in [2.05, 4.69) is 15.5 Å². The number of hydrogen-bond donors (Lipinski definition) is 2. The number of aromatic amines is 1. The molecule has 1 saturated heterocycles. The predicted octanol–water partition coefficient (Wildman–Crippen LogP) is 3.11. The molecule has 1 fully saturated rings. The number of furan rings is 1. The van der Waals surface area contributed by atoms with Crippen molar-refractivity contribution in [2.24, 2.45) is 0 Å². The topological polar surface area (TPSA) is 118 Å². The van der Waals surface area contributed by atoms with Gasteiger partial charge in [0.2, 0.25) is 10.0 Å². The summed E-state index contributed by atoms with van der Waals surface area (Å²) in [6, 6.07) is 9.46. The number of amides is 1. The van der Waals surface area contributed by atoms with Crippen LogP contribution >= 0.6 is 0 Å². The number of methoxy groups -OCH3 is 1. The highest BCUT2D eigenvalue weighted by Gasteiger charge is 2.27. The number of piperidine rings is 1. The third kappa shape index (κ3) is 3.96. The summed E-state index contributed by atoms with van der Waals surface area (Å²) in [6.07, 6.45) is 4.24. The number of anilines is 1. The van der Waals surface area contributed by atoms with Gasteiger partial charge in [-0.05, 0) is 43.2 Å². The van der Waals surface area contributed by atoms with Crippen molar-refractivity contribution in [1.29, 1.82) is 0 Å². The van der Waals surface area contributed by atoms with Crippen molar-refractivity contribution < 1.29 is 22.4 Å². The molecular weight excluding hydrogens is 408 g/mol. The van der Waals surface area contributed by atoms with Crippen molar-refractivity contribution in [3.63, 3.8) is 0 Å². The minimum atomic E-state index is -3.64. The summed E-state index contributed by atoms with van der Waals surface area (Å²) in [4.78, 5) is 12.8. The third-order valence-corrected chi connectivity index (χ3v) is 6.86. The minimum absolute atomic E-state index is 0.110. The van der Waals surface area contributed by atoms with Gasteiger partial charge in [-0.15, -0.1) is 0 Å². The SMILES string of the molecule is COc1ccc(S(=O)(=O)N2CCCCC2)cc1NC(=O)c1cc(-c2ccco2)[nH]n1. The van der Waals surface area contributed by atoms with E-state index >= 15 is 0 Å². The van der Waals surface area contributed by atoms with E-state index in [-0.39, 0.29) is 16.3 Å². The lowest BCUT2D eigenvalue weighted by Crippen LogP contribution is -2.35. The van der Waals surface area contributed by atoms with Gasteiger partial charge in [-0.3, -0.25) is 9.89 Å². The van der Waals surface area contributed by atoms with E-state index in [4.69, 9.17) is 9.15 Å². The zero-order valence-electron chi connectivity index (χ0n) is 16.4. The Balaban J connectivity index is 1.59. The number of benzene rings is 1. The van der Waals surface area contributed by atoms with Crippen LogP contribution in [0.15, 0.2) is 52.0 Å². The normalized spacial score (nSPS) is 15.1. The lowest BCUT2D eigenvalue weighted by molar-refractivity contribution is 0.102. The molecule has 4 rings (SSSR count). The molecule has 3 heterocycles. The smallest absolute Gasteiger partial charge is 0.276 e. The maximum Gasteiger partial charge on any atom is 0.276 e. The Hall–Kier alpha value is -3.11. The standard InChI is InChI=1S/C20H22N4O5S/c1-28-18-8-7-14(30(26,27)24-9-3-2-4-10-24)12-15(18)21-20(25)17-13-16(22-23-17)19-6-5-11-29-19/h5-8,11-13H,2-4,9-10H2,1H3,(H,21,25)(H,22,23). The molecule has 0 bridgehead atoms. The number of sulfonamides is 1. The molecule has 158 valence electrons. The molecule has 0 unspecified atom stereocenters. The van der Waals surface area contributed by atoms with Crippen LogP contribution in [0.1, 0.15) is 29.8 Å². The van der Waals surface area contributed by atoms with Gasteiger partial charge in [-0.25, -0.2) is 8.42 Å². The molecule has 2 aromatic heterocycles. The van der Waals surface area contributed by atoms with Crippen LogP contribution in [0.25, 0.3) is 11.5 Å². The molecule has 30 heavy (non-hydrogen) atoms. The average molecular weight is 430 g/mol. The highest BCUT2D eigenvalue weighted by Crippen LogP contribution is 2.30. The molecule has 0 atom stereocenters. The highest BCUT2D eigenvalue weighted by molar-refractivity contribution is 7.89. The van der Waals surface area contributed by atoms with E-state index < -0.39 is 15.9 Å². The second kappa shape index (κ2) is 8.33. The summed E-state index contributed by atoms with van der Waals surface area (Å²) < 4.78 is 38.0. The quantitative estimate of drug-likeness (QED) is 0.620. The van der Waals surface area contributed by atoms with E-state index in [1.165, 1.54) is 35.9 Å². The van der Waals surface area contributed by atoms with Crippen LogP contribution in [0.2, 0.25) is 0 Å². The van der Waals surface area contributed by atoms with Gasteiger partial charge >= 0.3 is 0 Å². The Kier molecular flexibility index (Phi) is 5.60. The van der Waals surface area contributed by atoms with Crippen molar-refractivity contribution in [3.05, 3.63) is 48.4 Å². The van der Waals surface area contributed by atoms with E-state index in [1.807, 2.05) is 0 Å². The van der Waals surface area contributed by atoms with Crippen molar-refractivity contribution in [2.45, 2.75) is 24.2 Å². The van der Waals surface area contributed by atoms with Crippen LogP contribution in [0.3, 0.4) is 0 Å². The Morgan fingerprint density at radius 1 is 1.20 bits per heavy atom. The van der Waals surface area contributed by atoms with E-state index in [0.29, 0.717) is 30.3 Å². The Morgan fingerprint density at radius 3 is 2.70 bits per heavy atom. The van der Waals surface area contributed by atoms with Crippen molar-refractivity contribution in [3.8, 4) is 17.2 Å². The molecule has 0 aliphatic carbocycles. The molecule has 1 aliphatic rings. The molecule has 2 N–H and O–H groups in total. The second-order valence-corrected chi connectivity index (χ2v) is 8.86. The number of rotatable bonds is 6. The molecule has 1 amide bonds. The fourth-order valence-electron chi connectivity index (χ4n) is 3.38. The van der Waals surface area contributed by atoms with Gasteiger partial charge in [0.15, 0.2) is 11.5 Å². The second-order valence-electron chi connectivity index (χ2n) is 6.93. The summed E-state index contributed by atoms with van der Waals surface area (Å²) >= 11 is 0. The maximum atomic E-state index is 13.0. The fourth-order valence-corrected chi connectivity index (χ4v) is 4.93. The van der Waals surface area contributed by atoms with Gasteiger partial charge in [0.05, 0.1) is 24.0 Å². The first-order valence-corrected chi connectivity index (χ1v) is 11.0. The van der Waals surface area contributed by atoms with Gasteiger partial charge in [0.1, 0.15) is 11.4 Å². The van der Waals surface area contributed by atoms with Crippen LogP contribution in [-0.4, -0.2) is 49.0 Å². The number of carbonyl (C=O) groups excluding carboxylic acids is 1. The number of aromatic nitrogens is 2. The van der Waals surface area contributed by atoms with Crippen LogP contribution in [0.4, 0.5) is 5.69 Å². The van der Waals surface area contributed by atoms with Crippen LogP contribution in [0.5, 0.6) is 5.75 Å². The highest BCUT2D eigenvalue weighted by atomic mass is 32.2. The number of H-pyrrole nitrogens is 1. The molecule has 1 aliphatic heterocycles. The Labute approximate surface area is 174 Å². The molecule has 0 spiro atoms. The molecular formula is C20H22N4O5S. The van der Waals surface area contributed by atoms with E-state index in [0.717, 1.165) is 19.3 Å². The van der Waals surface area contributed by atoms with Gasteiger partial charge in [-0.2, -0.15) is 9.40 Å². The fraction of sp³-hybridized carbons (Fsp3) is 0.300. The number of carbonyl (C=O) groups is 1. The zero-order valence-corrected chi connectivity index (χ0v) is 17.2. The molecule has 3 aromatic rings. The Morgan fingerprint density at radius 2 is 2.00 bits per heavy atom. The molecule has 10 heteroatoms. The lowest BCUT2D eigenvalue weighted by atomic mass is 10.2. The summed E-state index contributed by atoms with van der Waals surface area (Å²) in [5.74, 6) is 0.395. The summed E-state index contributed by atoms with van der Waals surface area (Å²) in [5, 5.41) is 9.44. The average Bonchev–Trinajstić information content (AvgIpc) is 3.46. The molecule has 1 aromatic carbocycles. The number of hydrogen-bond acceptors (Lipinski definition) is 6.